The molecule has 2 heterocycles. The van der Waals surface area contributed by atoms with Crippen molar-refractivity contribution in [3.8, 4) is 0 Å². The Balaban J connectivity index is 1.96. The Labute approximate surface area is 176 Å². The van der Waals surface area contributed by atoms with Crippen molar-refractivity contribution in [2.45, 2.75) is 18.7 Å². The van der Waals surface area contributed by atoms with Crippen molar-refractivity contribution < 1.29 is 17.6 Å². The molecule has 0 fully saturated rings. The zero-order valence-corrected chi connectivity index (χ0v) is 17.7. The molecule has 0 aliphatic heterocycles. The van der Waals surface area contributed by atoms with Gasteiger partial charge in [0.05, 0.1) is 15.3 Å². The van der Waals surface area contributed by atoms with Crippen LogP contribution in [-0.4, -0.2) is 19.3 Å². The highest BCUT2D eigenvalue weighted by atomic mass is 32.2. The van der Waals surface area contributed by atoms with Gasteiger partial charge in [0, 0.05) is 18.0 Å². The smallest absolute Gasteiger partial charge is 0.396 e. The third-order valence-electron chi connectivity index (χ3n) is 4.52. The number of benzene rings is 2. The number of rotatable bonds is 4. The van der Waals surface area contributed by atoms with Gasteiger partial charge in [-0.1, -0.05) is 23.5 Å². The first kappa shape index (κ1) is 20.0. The zero-order chi connectivity index (χ0) is 21.5. The Morgan fingerprint density at radius 3 is 2.50 bits per heavy atom. The van der Waals surface area contributed by atoms with E-state index in [9.17, 15) is 18.0 Å². The molecule has 0 unspecified atom stereocenters. The summed E-state index contributed by atoms with van der Waals surface area (Å²) in [5.74, 6) is -0.728. The molecule has 2 aromatic carbocycles. The van der Waals surface area contributed by atoms with Gasteiger partial charge < -0.3 is 4.42 Å². The minimum atomic E-state index is -4.26. The van der Waals surface area contributed by atoms with E-state index in [4.69, 9.17) is 4.42 Å². The van der Waals surface area contributed by atoms with Crippen LogP contribution in [0.25, 0.3) is 10.3 Å². The number of carbonyl (C=O) groups is 1. The van der Waals surface area contributed by atoms with Gasteiger partial charge in [-0.15, -0.1) is 0 Å². The van der Waals surface area contributed by atoms with E-state index >= 15 is 0 Å². The number of hydrogen-bond acceptors (Lipinski definition) is 7. The van der Waals surface area contributed by atoms with Crippen LogP contribution in [0.5, 0.6) is 0 Å². The van der Waals surface area contributed by atoms with E-state index in [1.165, 1.54) is 48.8 Å². The number of aryl methyl sites for hydroxylation is 2. The molecule has 152 valence electrons. The predicted molar refractivity (Wildman–Crippen MR) is 115 cm³/mol. The van der Waals surface area contributed by atoms with Crippen molar-refractivity contribution in [1.82, 2.24) is 4.98 Å². The van der Waals surface area contributed by atoms with Crippen molar-refractivity contribution in [2.24, 2.45) is 0 Å². The standard InChI is InChI=1S/C21H16N2O5S2/c1-13-3-4-14(2)19(11-13)30(26,27)23(20(24)15-7-9-22-10-8-15)16-5-6-17-18(12-16)29-21(25)28-17/h3-12H,1-2H3. The van der Waals surface area contributed by atoms with Gasteiger partial charge in [0.25, 0.3) is 15.9 Å². The number of pyridine rings is 1. The van der Waals surface area contributed by atoms with Gasteiger partial charge in [0.1, 0.15) is 5.58 Å². The summed E-state index contributed by atoms with van der Waals surface area (Å²) < 4.78 is 33.6. The number of anilines is 1. The highest BCUT2D eigenvalue weighted by Crippen LogP contribution is 2.31. The maximum absolute atomic E-state index is 13.7. The van der Waals surface area contributed by atoms with Crippen LogP contribution >= 0.6 is 11.3 Å². The summed E-state index contributed by atoms with van der Waals surface area (Å²) >= 11 is 0.838. The van der Waals surface area contributed by atoms with Crippen molar-refractivity contribution in [2.75, 3.05) is 4.31 Å². The molecule has 7 nitrogen and oxygen atoms in total. The maximum atomic E-state index is 13.7. The van der Waals surface area contributed by atoms with E-state index in [1.807, 2.05) is 0 Å². The lowest BCUT2D eigenvalue weighted by molar-refractivity contribution is 0.101. The number of amides is 1. The lowest BCUT2D eigenvalue weighted by atomic mass is 10.2. The lowest BCUT2D eigenvalue weighted by Crippen LogP contribution is -2.37. The average Bonchev–Trinajstić information content (AvgIpc) is 3.09. The molecule has 4 aromatic rings. The highest BCUT2D eigenvalue weighted by Gasteiger charge is 2.33. The largest absolute Gasteiger partial charge is 0.414 e. The van der Waals surface area contributed by atoms with Crippen molar-refractivity contribution >= 4 is 43.2 Å². The van der Waals surface area contributed by atoms with Gasteiger partial charge >= 0.3 is 4.94 Å². The minimum absolute atomic E-state index is 0.0328. The number of aromatic nitrogens is 1. The molecule has 0 aliphatic carbocycles. The van der Waals surface area contributed by atoms with E-state index in [-0.39, 0.29) is 16.1 Å². The van der Waals surface area contributed by atoms with E-state index in [0.717, 1.165) is 21.2 Å². The van der Waals surface area contributed by atoms with Gasteiger partial charge in [-0.05, 0) is 61.4 Å². The molecule has 0 atom stereocenters. The summed E-state index contributed by atoms with van der Waals surface area (Å²) in [4.78, 5) is 28.3. The number of hydrogen-bond donors (Lipinski definition) is 0. The topological polar surface area (TPSA) is 97.6 Å². The second-order valence-electron chi connectivity index (χ2n) is 6.66. The molecule has 1 amide bonds. The average molecular weight is 441 g/mol. The summed E-state index contributed by atoms with van der Waals surface area (Å²) in [7, 11) is -4.26. The van der Waals surface area contributed by atoms with Crippen molar-refractivity contribution in [3.05, 3.63) is 87.3 Å². The molecule has 0 spiro atoms. The fourth-order valence-corrected chi connectivity index (χ4v) is 5.47. The van der Waals surface area contributed by atoms with Gasteiger partial charge in [-0.25, -0.2) is 13.2 Å². The maximum Gasteiger partial charge on any atom is 0.396 e. The monoisotopic (exact) mass is 440 g/mol. The Kier molecular flexibility index (Phi) is 5.00. The minimum Gasteiger partial charge on any atom is -0.414 e. The first-order valence-electron chi connectivity index (χ1n) is 8.88. The molecule has 0 saturated carbocycles. The molecule has 0 saturated heterocycles. The van der Waals surface area contributed by atoms with Crippen LogP contribution < -0.4 is 9.24 Å². The lowest BCUT2D eigenvalue weighted by Gasteiger charge is -2.24. The summed E-state index contributed by atoms with van der Waals surface area (Å²) in [5.41, 5.74) is 1.87. The summed E-state index contributed by atoms with van der Waals surface area (Å²) in [6.45, 7) is 3.45. The number of carbonyl (C=O) groups excluding carboxylic acids is 1. The van der Waals surface area contributed by atoms with Crippen molar-refractivity contribution in [1.29, 1.82) is 0 Å². The predicted octanol–water partition coefficient (Wildman–Crippen LogP) is 3.90. The number of nitrogens with zero attached hydrogens (tertiary/aromatic N) is 2. The van der Waals surface area contributed by atoms with E-state index in [0.29, 0.717) is 15.8 Å². The third-order valence-corrected chi connectivity index (χ3v) is 7.16. The van der Waals surface area contributed by atoms with Gasteiger partial charge in [-0.3, -0.25) is 9.78 Å². The molecule has 9 heteroatoms. The van der Waals surface area contributed by atoms with Gasteiger partial charge in [0.2, 0.25) is 0 Å². The number of fused-ring (bicyclic) bond motifs is 1. The van der Waals surface area contributed by atoms with Crippen LogP contribution in [0.3, 0.4) is 0 Å². The van der Waals surface area contributed by atoms with Crippen LogP contribution in [0.2, 0.25) is 0 Å². The Morgan fingerprint density at radius 2 is 1.77 bits per heavy atom. The normalized spacial score (nSPS) is 11.5. The summed E-state index contributed by atoms with van der Waals surface area (Å²) in [6.07, 6.45) is 2.84. The van der Waals surface area contributed by atoms with Crippen LogP contribution in [-0.2, 0) is 10.0 Å². The Morgan fingerprint density at radius 1 is 1.03 bits per heavy atom. The molecule has 4 rings (SSSR count). The van der Waals surface area contributed by atoms with E-state index in [1.54, 1.807) is 26.0 Å². The summed E-state index contributed by atoms with van der Waals surface area (Å²) in [6, 6.07) is 12.3. The van der Waals surface area contributed by atoms with Crippen LogP contribution in [0.4, 0.5) is 5.69 Å². The molecular formula is C21H16N2O5S2. The highest BCUT2D eigenvalue weighted by molar-refractivity contribution is 7.93. The van der Waals surface area contributed by atoms with E-state index < -0.39 is 20.9 Å². The molecule has 0 aliphatic rings. The molecule has 2 aromatic heterocycles. The molecular weight excluding hydrogens is 424 g/mol. The van der Waals surface area contributed by atoms with Gasteiger partial charge in [-0.2, -0.15) is 4.31 Å². The first-order valence-corrected chi connectivity index (χ1v) is 11.1. The fourth-order valence-electron chi connectivity index (χ4n) is 3.05. The molecule has 30 heavy (non-hydrogen) atoms. The first-order chi connectivity index (χ1) is 14.3. The quantitative estimate of drug-likeness (QED) is 0.477. The molecule has 0 bridgehead atoms. The Hall–Kier alpha value is -3.30. The van der Waals surface area contributed by atoms with Gasteiger partial charge in [0.15, 0.2) is 0 Å². The zero-order valence-electron chi connectivity index (χ0n) is 16.0. The second kappa shape index (κ2) is 7.51. The van der Waals surface area contributed by atoms with Crippen LogP contribution in [0.15, 0.2) is 75.0 Å². The third kappa shape index (κ3) is 3.53. The van der Waals surface area contributed by atoms with E-state index in [2.05, 4.69) is 4.98 Å². The van der Waals surface area contributed by atoms with Crippen LogP contribution in [0, 0.1) is 13.8 Å². The van der Waals surface area contributed by atoms with Crippen LogP contribution in [0.1, 0.15) is 21.5 Å². The number of sulfonamides is 1. The Bertz CT molecular complexity index is 1420. The fraction of sp³-hybridized carbons (Fsp3) is 0.0952. The second-order valence-corrected chi connectivity index (χ2v) is 9.40. The summed E-state index contributed by atoms with van der Waals surface area (Å²) in [5, 5.41) is 0. The van der Waals surface area contributed by atoms with Crippen molar-refractivity contribution in [3.63, 3.8) is 0 Å². The molecule has 0 radical (unpaired) electrons. The SMILES string of the molecule is Cc1ccc(C)c(S(=O)(=O)N(C(=O)c2ccncc2)c2ccc3oc(=O)sc3c2)c1. The molecule has 0 N–H and O–H groups in total.